The van der Waals surface area contributed by atoms with E-state index in [-0.39, 0.29) is 6.54 Å². The summed E-state index contributed by atoms with van der Waals surface area (Å²) in [6.07, 6.45) is 8.56. The van der Waals surface area contributed by atoms with E-state index < -0.39 is 5.97 Å². The van der Waals surface area contributed by atoms with Gasteiger partial charge in [-0.2, -0.15) is 0 Å². The van der Waals surface area contributed by atoms with Crippen LogP contribution in [0.15, 0.2) is 6.20 Å². The van der Waals surface area contributed by atoms with Gasteiger partial charge in [0.15, 0.2) is 0 Å². The predicted octanol–water partition coefficient (Wildman–Crippen LogP) is 1.90. The van der Waals surface area contributed by atoms with E-state index in [9.17, 15) is 4.79 Å². The maximum absolute atomic E-state index is 10.9. The van der Waals surface area contributed by atoms with Crippen LogP contribution >= 0.6 is 0 Å². The van der Waals surface area contributed by atoms with E-state index in [1.54, 1.807) is 10.9 Å². The molecule has 0 aromatic carbocycles. The van der Waals surface area contributed by atoms with E-state index in [0.29, 0.717) is 5.92 Å². The maximum atomic E-state index is 10.9. The van der Waals surface area contributed by atoms with E-state index in [4.69, 9.17) is 5.11 Å². The lowest BCUT2D eigenvalue weighted by Gasteiger charge is -2.54. The molecule has 5 nitrogen and oxygen atoms in total. The minimum Gasteiger partial charge on any atom is -0.480 e. The Labute approximate surface area is 112 Å². The number of aromatic nitrogens is 3. The normalized spacial score (nSPS) is 39.7. The molecule has 102 valence electrons. The van der Waals surface area contributed by atoms with Crippen molar-refractivity contribution in [2.75, 3.05) is 0 Å². The van der Waals surface area contributed by atoms with Gasteiger partial charge in [0.25, 0.3) is 0 Å². The molecule has 4 bridgehead atoms. The molecule has 0 amide bonds. The third-order valence-electron chi connectivity index (χ3n) is 5.50. The van der Waals surface area contributed by atoms with Gasteiger partial charge in [-0.3, -0.25) is 4.79 Å². The van der Waals surface area contributed by atoms with Gasteiger partial charge in [0, 0.05) is 5.92 Å². The third-order valence-corrected chi connectivity index (χ3v) is 5.50. The number of rotatable bonds is 3. The molecule has 1 N–H and O–H groups in total. The molecular weight excluding hydrogens is 242 g/mol. The quantitative estimate of drug-likeness (QED) is 0.902. The van der Waals surface area contributed by atoms with Crippen molar-refractivity contribution in [3.8, 4) is 0 Å². The van der Waals surface area contributed by atoms with Crippen molar-refractivity contribution in [3.63, 3.8) is 0 Å². The van der Waals surface area contributed by atoms with E-state index in [1.807, 2.05) is 0 Å². The van der Waals surface area contributed by atoms with Crippen LogP contribution in [0.2, 0.25) is 0 Å². The number of carbonyl (C=O) groups is 1. The Morgan fingerprint density at radius 3 is 2.42 bits per heavy atom. The Morgan fingerprint density at radius 2 is 1.84 bits per heavy atom. The molecule has 0 atom stereocenters. The number of aliphatic carboxylic acids is 1. The third kappa shape index (κ3) is 1.78. The summed E-state index contributed by atoms with van der Waals surface area (Å²) in [7, 11) is 0. The van der Waals surface area contributed by atoms with Crippen LogP contribution in [-0.4, -0.2) is 26.1 Å². The minimum atomic E-state index is -0.837. The highest BCUT2D eigenvalue weighted by Crippen LogP contribution is 2.59. The molecule has 1 aromatic rings. The average molecular weight is 261 g/mol. The summed E-state index contributed by atoms with van der Waals surface area (Å²) in [5.41, 5.74) is 1.07. The van der Waals surface area contributed by atoms with Gasteiger partial charge in [-0.05, 0) is 55.8 Å². The van der Waals surface area contributed by atoms with Crippen molar-refractivity contribution in [1.82, 2.24) is 15.0 Å². The maximum Gasteiger partial charge on any atom is 0.325 e. The van der Waals surface area contributed by atoms with Crippen molar-refractivity contribution < 1.29 is 9.90 Å². The number of hydrogen-bond acceptors (Lipinski definition) is 3. The average Bonchev–Trinajstić information content (AvgIpc) is 2.75. The molecule has 0 spiro atoms. The van der Waals surface area contributed by atoms with Crippen LogP contribution in [-0.2, 0) is 11.3 Å². The fourth-order valence-electron chi connectivity index (χ4n) is 5.18. The summed E-state index contributed by atoms with van der Waals surface area (Å²) in [4.78, 5) is 10.9. The van der Waals surface area contributed by atoms with Crippen molar-refractivity contribution in [2.45, 2.75) is 44.6 Å². The molecule has 0 unspecified atom stereocenters. The van der Waals surface area contributed by atoms with Crippen LogP contribution in [0.4, 0.5) is 0 Å². The lowest BCUT2D eigenvalue weighted by Crippen LogP contribution is -2.44. The molecule has 1 heterocycles. The standard InChI is InChI=1S/C14H19N3O2/c18-13(19)7-17-12(6-15-16-17)14-10-2-8-1-9(4-10)5-11(14)3-8/h6,8-11,14H,1-5,7H2,(H,18,19). The van der Waals surface area contributed by atoms with Crippen LogP contribution in [0.25, 0.3) is 0 Å². The number of carboxylic acid groups (broad SMARTS) is 1. The van der Waals surface area contributed by atoms with Gasteiger partial charge in [-0.25, -0.2) is 4.68 Å². The van der Waals surface area contributed by atoms with E-state index in [2.05, 4.69) is 10.3 Å². The number of nitrogens with zero attached hydrogens (tertiary/aromatic N) is 3. The monoisotopic (exact) mass is 261 g/mol. The van der Waals surface area contributed by atoms with Crippen molar-refractivity contribution >= 4 is 5.97 Å². The molecule has 0 radical (unpaired) electrons. The van der Waals surface area contributed by atoms with Crippen molar-refractivity contribution in [3.05, 3.63) is 11.9 Å². The predicted molar refractivity (Wildman–Crippen MR) is 67.4 cm³/mol. The molecule has 0 saturated heterocycles. The molecule has 4 fully saturated rings. The zero-order chi connectivity index (χ0) is 13.0. The lowest BCUT2D eigenvalue weighted by molar-refractivity contribution is -0.138. The first-order valence-corrected chi connectivity index (χ1v) is 7.31. The van der Waals surface area contributed by atoms with E-state index in [0.717, 1.165) is 29.4 Å². The zero-order valence-electron chi connectivity index (χ0n) is 10.9. The zero-order valence-corrected chi connectivity index (χ0v) is 10.9. The first kappa shape index (κ1) is 11.4. The second-order valence-electron chi connectivity index (χ2n) is 6.67. The second kappa shape index (κ2) is 4.05. The Kier molecular flexibility index (Phi) is 2.44. The van der Waals surface area contributed by atoms with Crippen molar-refractivity contribution in [1.29, 1.82) is 0 Å². The van der Waals surface area contributed by atoms with Crippen LogP contribution in [0.1, 0.15) is 43.7 Å². The van der Waals surface area contributed by atoms with Gasteiger partial charge in [0.1, 0.15) is 6.54 Å². The minimum absolute atomic E-state index is 0.0574. The first-order valence-electron chi connectivity index (χ1n) is 7.31. The summed E-state index contributed by atoms with van der Waals surface area (Å²) in [5.74, 6) is 3.01. The summed E-state index contributed by atoms with van der Waals surface area (Å²) < 4.78 is 1.61. The molecule has 5 rings (SSSR count). The van der Waals surface area contributed by atoms with Gasteiger partial charge in [0.2, 0.25) is 0 Å². The van der Waals surface area contributed by atoms with Gasteiger partial charge < -0.3 is 5.11 Å². The van der Waals surface area contributed by atoms with Crippen LogP contribution < -0.4 is 0 Å². The molecule has 4 saturated carbocycles. The highest BCUT2D eigenvalue weighted by atomic mass is 16.4. The number of carboxylic acids is 1. The van der Waals surface area contributed by atoms with Gasteiger partial charge in [-0.15, -0.1) is 5.10 Å². The Balaban J connectivity index is 1.65. The number of hydrogen-bond donors (Lipinski definition) is 1. The molecule has 0 aliphatic heterocycles. The van der Waals surface area contributed by atoms with E-state index in [1.165, 1.54) is 32.1 Å². The lowest BCUT2D eigenvalue weighted by atomic mass is 9.51. The van der Waals surface area contributed by atoms with Crippen LogP contribution in [0, 0.1) is 23.7 Å². The molecule has 5 heteroatoms. The molecule has 4 aliphatic rings. The second-order valence-corrected chi connectivity index (χ2v) is 6.67. The molecule has 1 aromatic heterocycles. The molecule has 19 heavy (non-hydrogen) atoms. The van der Waals surface area contributed by atoms with Gasteiger partial charge in [0.05, 0.1) is 11.9 Å². The highest BCUT2D eigenvalue weighted by Gasteiger charge is 2.49. The fraction of sp³-hybridized carbons (Fsp3) is 0.786. The summed E-state index contributed by atoms with van der Waals surface area (Å²) in [6, 6.07) is 0. The Bertz CT molecular complexity index is 483. The summed E-state index contributed by atoms with van der Waals surface area (Å²) in [5, 5.41) is 16.9. The summed E-state index contributed by atoms with van der Waals surface area (Å²) >= 11 is 0. The molecular formula is C14H19N3O2. The molecule has 4 aliphatic carbocycles. The van der Waals surface area contributed by atoms with Crippen LogP contribution in [0.3, 0.4) is 0 Å². The van der Waals surface area contributed by atoms with E-state index >= 15 is 0 Å². The highest BCUT2D eigenvalue weighted by molar-refractivity contribution is 5.66. The largest absolute Gasteiger partial charge is 0.480 e. The Morgan fingerprint density at radius 1 is 1.21 bits per heavy atom. The SMILES string of the molecule is O=C(O)Cn1nncc1C1C2CC3CC(C2)CC1C3. The topological polar surface area (TPSA) is 68.0 Å². The van der Waals surface area contributed by atoms with Gasteiger partial charge in [-0.1, -0.05) is 5.21 Å². The first-order chi connectivity index (χ1) is 9.20. The summed E-state index contributed by atoms with van der Waals surface area (Å²) in [6.45, 7) is -0.0574. The Hall–Kier alpha value is -1.39. The smallest absolute Gasteiger partial charge is 0.325 e. The van der Waals surface area contributed by atoms with Crippen molar-refractivity contribution in [2.24, 2.45) is 23.7 Å². The van der Waals surface area contributed by atoms with Gasteiger partial charge >= 0.3 is 5.97 Å². The fourth-order valence-corrected chi connectivity index (χ4v) is 5.18. The van der Waals surface area contributed by atoms with Crippen LogP contribution in [0.5, 0.6) is 0 Å².